The number of thioether (sulfide) groups is 1. The van der Waals surface area contributed by atoms with Crippen molar-refractivity contribution in [2.45, 2.75) is 37.4 Å². The largest absolute Gasteiger partial charge is 0.162 e. The quantitative estimate of drug-likeness (QED) is 0.530. The summed E-state index contributed by atoms with van der Waals surface area (Å²) in [6.45, 7) is 2.24. The van der Waals surface area contributed by atoms with Gasteiger partial charge in [-0.1, -0.05) is 47.1 Å². The second kappa shape index (κ2) is 6.84. The molecule has 0 heterocycles. The number of hydrogen-bond acceptors (Lipinski definition) is 1. The van der Waals surface area contributed by atoms with Crippen LogP contribution in [-0.2, 0) is 6.42 Å². The Morgan fingerprint density at radius 1 is 1.35 bits per heavy atom. The Balaban J connectivity index is 1.90. The minimum atomic E-state index is 0.582. The third-order valence-electron chi connectivity index (χ3n) is 3.62. The first-order valence-corrected chi connectivity index (χ1v) is 8.69. The summed E-state index contributed by atoms with van der Waals surface area (Å²) in [4.78, 5) is 0.582. The highest BCUT2D eigenvalue weighted by Gasteiger charge is 2.26. The number of hydrogen-bond donors (Lipinski definition) is 0. The Kier molecular flexibility index (Phi) is 5.43. The summed E-state index contributed by atoms with van der Waals surface area (Å²) in [5.41, 5.74) is 3.08. The maximum Gasteiger partial charge on any atom is 0.0426 e. The number of halogens is 1. The lowest BCUT2D eigenvalue weighted by atomic mass is 9.82. The summed E-state index contributed by atoms with van der Waals surface area (Å²) in [6, 6.07) is 8.91. The Morgan fingerprint density at radius 3 is 3.00 bits per heavy atom. The zero-order valence-corrected chi connectivity index (χ0v) is 12.9. The van der Waals surface area contributed by atoms with Crippen LogP contribution in [0.3, 0.4) is 0 Å². The Hall–Kier alpha value is 0.0500. The highest BCUT2D eigenvalue weighted by atomic mass is 79.9. The summed E-state index contributed by atoms with van der Waals surface area (Å²) in [5.74, 6) is 3.42. The van der Waals surface area contributed by atoms with Crippen molar-refractivity contribution in [3.63, 3.8) is 0 Å². The molecular formula is C15H21BrS. The van der Waals surface area contributed by atoms with Gasteiger partial charge in [0.25, 0.3) is 0 Å². The maximum atomic E-state index is 3.92. The topological polar surface area (TPSA) is 0 Å². The van der Waals surface area contributed by atoms with Gasteiger partial charge in [0.2, 0.25) is 0 Å². The van der Waals surface area contributed by atoms with Gasteiger partial charge in [-0.25, -0.2) is 0 Å². The van der Waals surface area contributed by atoms with Crippen molar-refractivity contribution >= 4 is 27.7 Å². The second-order valence-corrected chi connectivity index (χ2v) is 7.12. The van der Waals surface area contributed by atoms with E-state index < -0.39 is 0 Å². The van der Waals surface area contributed by atoms with E-state index in [0.29, 0.717) is 4.83 Å². The number of rotatable bonds is 5. The van der Waals surface area contributed by atoms with Gasteiger partial charge in [-0.15, -0.1) is 0 Å². The number of benzene rings is 1. The lowest BCUT2D eigenvalue weighted by molar-refractivity contribution is 0.421. The molecule has 1 aromatic rings. The van der Waals surface area contributed by atoms with Gasteiger partial charge >= 0.3 is 0 Å². The average molecular weight is 313 g/mol. The van der Waals surface area contributed by atoms with Crippen LogP contribution in [0.15, 0.2) is 24.3 Å². The van der Waals surface area contributed by atoms with Crippen molar-refractivity contribution in [1.82, 2.24) is 0 Å². The number of alkyl halides is 1. The molecule has 2 unspecified atom stereocenters. The van der Waals surface area contributed by atoms with Gasteiger partial charge in [0, 0.05) is 4.83 Å². The summed E-state index contributed by atoms with van der Waals surface area (Å²) in [7, 11) is 0. The minimum absolute atomic E-state index is 0.582. The average Bonchev–Trinajstić information content (AvgIpc) is 2.37. The van der Waals surface area contributed by atoms with Crippen LogP contribution in [0.5, 0.6) is 0 Å². The lowest BCUT2D eigenvalue weighted by Crippen LogP contribution is -2.16. The molecule has 0 spiro atoms. The van der Waals surface area contributed by atoms with E-state index >= 15 is 0 Å². The lowest BCUT2D eigenvalue weighted by Gasteiger charge is -2.30. The Bertz CT molecular complexity index is 351. The van der Waals surface area contributed by atoms with Crippen LogP contribution in [0.1, 0.15) is 42.1 Å². The van der Waals surface area contributed by atoms with Crippen LogP contribution in [-0.4, -0.2) is 11.5 Å². The Labute approximate surface area is 118 Å². The highest BCUT2D eigenvalue weighted by molar-refractivity contribution is 9.09. The van der Waals surface area contributed by atoms with Crippen molar-refractivity contribution in [2.24, 2.45) is 5.92 Å². The zero-order valence-electron chi connectivity index (χ0n) is 10.5. The van der Waals surface area contributed by atoms with E-state index in [0.717, 1.165) is 5.92 Å². The molecule has 0 aliphatic heterocycles. The third-order valence-corrected chi connectivity index (χ3v) is 5.84. The fourth-order valence-corrected chi connectivity index (χ4v) is 4.29. The minimum Gasteiger partial charge on any atom is -0.162 e. The van der Waals surface area contributed by atoms with Crippen molar-refractivity contribution in [2.75, 3.05) is 11.5 Å². The van der Waals surface area contributed by atoms with Crippen LogP contribution in [0.2, 0.25) is 0 Å². The predicted molar refractivity (Wildman–Crippen MR) is 82.2 cm³/mol. The van der Waals surface area contributed by atoms with Gasteiger partial charge in [0.1, 0.15) is 0 Å². The van der Waals surface area contributed by atoms with Crippen molar-refractivity contribution in [3.8, 4) is 0 Å². The molecule has 94 valence electrons. The summed E-state index contributed by atoms with van der Waals surface area (Å²) < 4.78 is 0. The molecule has 0 aromatic heterocycles. The van der Waals surface area contributed by atoms with Crippen LogP contribution in [0, 0.1) is 5.92 Å². The molecule has 2 rings (SSSR count). The molecule has 2 atom stereocenters. The molecule has 1 aliphatic carbocycles. The molecule has 0 saturated heterocycles. The SMILES string of the molecule is CCSCCCC1CCc2ccccc2C1Br. The van der Waals surface area contributed by atoms with Gasteiger partial charge in [0.05, 0.1) is 0 Å². The van der Waals surface area contributed by atoms with Crippen LogP contribution in [0.25, 0.3) is 0 Å². The number of fused-ring (bicyclic) bond motifs is 1. The summed E-state index contributed by atoms with van der Waals surface area (Å²) in [6.07, 6.45) is 5.36. The summed E-state index contributed by atoms with van der Waals surface area (Å²) >= 11 is 5.98. The summed E-state index contributed by atoms with van der Waals surface area (Å²) in [5, 5.41) is 0. The molecule has 0 saturated carbocycles. The molecule has 2 heteroatoms. The van der Waals surface area contributed by atoms with Crippen LogP contribution in [0.4, 0.5) is 0 Å². The smallest absolute Gasteiger partial charge is 0.0426 e. The first-order chi connectivity index (χ1) is 8.33. The van der Waals surface area contributed by atoms with E-state index in [-0.39, 0.29) is 0 Å². The van der Waals surface area contributed by atoms with Gasteiger partial charge in [-0.05, 0) is 54.2 Å². The molecule has 17 heavy (non-hydrogen) atoms. The fourth-order valence-electron chi connectivity index (χ4n) is 2.65. The zero-order chi connectivity index (χ0) is 12.1. The molecule has 0 bridgehead atoms. The first kappa shape index (κ1) is 13.5. The third kappa shape index (κ3) is 3.51. The molecule has 1 aliphatic rings. The number of aryl methyl sites for hydroxylation is 1. The standard InChI is InChI=1S/C15H21BrS/c1-2-17-11-5-7-13-10-9-12-6-3-4-8-14(12)15(13)16/h3-4,6,8,13,15H,2,5,7,9-11H2,1H3. The monoisotopic (exact) mass is 312 g/mol. The van der Waals surface area contributed by atoms with E-state index in [1.54, 1.807) is 5.56 Å². The van der Waals surface area contributed by atoms with Crippen LogP contribution >= 0.6 is 27.7 Å². The van der Waals surface area contributed by atoms with E-state index in [1.165, 1.54) is 42.8 Å². The maximum absolute atomic E-state index is 3.92. The van der Waals surface area contributed by atoms with Crippen molar-refractivity contribution in [3.05, 3.63) is 35.4 Å². The fraction of sp³-hybridized carbons (Fsp3) is 0.600. The van der Waals surface area contributed by atoms with E-state index in [9.17, 15) is 0 Å². The molecule has 0 fully saturated rings. The van der Waals surface area contributed by atoms with Crippen LogP contribution < -0.4 is 0 Å². The Morgan fingerprint density at radius 2 is 2.18 bits per heavy atom. The van der Waals surface area contributed by atoms with E-state index in [1.807, 2.05) is 0 Å². The van der Waals surface area contributed by atoms with Crippen molar-refractivity contribution in [1.29, 1.82) is 0 Å². The molecule has 0 N–H and O–H groups in total. The molecule has 0 amide bonds. The molecule has 1 aromatic carbocycles. The molecule has 0 radical (unpaired) electrons. The molecule has 0 nitrogen and oxygen atoms in total. The molecular weight excluding hydrogens is 292 g/mol. The van der Waals surface area contributed by atoms with Gasteiger partial charge < -0.3 is 0 Å². The first-order valence-electron chi connectivity index (χ1n) is 6.62. The normalized spacial score (nSPS) is 23.4. The van der Waals surface area contributed by atoms with E-state index in [4.69, 9.17) is 0 Å². The van der Waals surface area contributed by atoms with Gasteiger partial charge in [-0.3, -0.25) is 0 Å². The highest BCUT2D eigenvalue weighted by Crippen LogP contribution is 2.42. The van der Waals surface area contributed by atoms with Crippen molar-refractivity contribution < 1.29 is 0 Å². The second-order valence-electron chi connectivity index (χ2n) is 4.74. The predicted octanol–water partition coefficient (Wildman–Crippen LogP) is 5.22. The van der Waals surface area contributed by atoms with Gasteiger partial charge in [-0.2, -0.15) is 11.8 Å². The van der Waals surface area contributed by atoms with Gasteiger partial charge in [0.15, 0.2) is 0 Å². The van der Waals surface area contributed by atoms with E-state index in [2.05, 4.69) is 58.9 Å².